The Morgan fingerprint density at radius 2 is 1.33 bits per heavy atom. The molecule has 5 nitrogen and oxygen atoms in total. The van der Waals surface area contributed by atoms with E-state index in [1.54, 1.807) is 12.1 Å². The lowest BCUT2D eigenvalue weighted by Crippen LogP contribution is -1.94. The smallest absolute Gasteiger partial charge is 0.139 e. The van der Waals surface area contributed by atoms with Crippen LogP contribution in [0.1, 0.15) is 16.8 Å². The molecule has 0 saturated carbocycles. The standard InChI is InChI=1S/C25H11N5/c26-12-15-5-7-16(8-6-15)17-9-10-21-22(11-17)30-24-20-4-2-1-3-19(20)23(25(24)29-21)18(13-27)14-28/h1-11H. The highest BCUT2D eigenvalue weighted by molar-refractivity contribution is 6.03. The molecule has 1 heterocycles. The van der Waals surface area contributed by atoms with E-state index in [-0.39, 0.29) is 5.57 Å². The van der Waals surface area contributed by atoms with Crippen molar-refractivity contribution < 1.29 is 0 Å². The lowest BCUT2D eigenvalue weighted by molar-refractivity contribution is 1.27. The number of aromatic nitrogens is 2. The number of allylic oxidation sites excluding steroid dienone is 1. The van der Waals surface area contributed by atoms with Crippen molar-refractivity contribution in [3.63, 3.8) is 0 Å². The SMILES string of the molecule is N#CC(C#N)=C1c2ccccc2-c2nc3cc(-c4ccc(C#N)cc4)ccc3nc21. The predicted octanol–water partition coefficient (Wildman–Crippen LogP) is 5.00. The van der Waals surface area contributed by atoms with Gasteiger partial charge in [-0.05, 0) is 41.0 Å². The molecule has 0 bridgehead atoms. The van der Waals surface area contributed by atoms with Crippen LogP contribution in [0.3, 0.4) is 0 Å². The number of hydrogen-bond donors (Lipinski definition) is 0. The van der Waals surface area contributed by atoms with Crippen molar-refractivity contribution in [1.29, 1.82) is 15.8 Å². The summed E-state index contributed by atoms with van der Waals surface area (Å²) in [5.74, 6) is 0. The summed E-state index contributed by atoms with van der Waals surface area (Å²) in [6, 6.07) is 26.9. The van der Waals surface area contributed by atoms with Crippen LogP contribution in [0.4, 0.5) is 0 Å². The van der Waals surface area contributed by atoms with Gasteiger partial charge in [-0.3, -0.25) is 0 Å². The van der Waals surface area contributed by atoms with Gasteiger partial charge in [0.15, 0.2) is 0 Å². The molecule has 5 heteroatoms. The molecule has 3 aromatic carbocycles. The predicted molar refractivity (Wildman–Crippen MR) is 112 cm³/mol. The van der Waals surface area contributed by atoms with Crippen LogP contribution >= 0.6 is 0 Å². The van der Waals surface area contributed by atoms with E-state index in [0.717, 1.165) is 27.8 Å². The molecule has 0 N–H and O–H groups in total. The van der Waals surface area contributed by atoms with Crippen molar-refractivity contribution in [2.45, 2.75) is 0 Å². The summed E-state index contributed by atoms with van der Waals surface area (Å²) in [6.45, 7) is 0. The van der Waals surface area contributed by atoms with E-state index in [1.165, 1.54) is 0 Å². The Morgan fingerprint density at radius 1 is 0.667 bits per heavy atom. The van der Waals surface area contributed by atoms with Crippen LogP contribution < -0.4 is 0 Å². The molecule has 0 radical (unpaired) electrons. The summed E-state index contributed by atoms with van der Waals surface area (Å²) in [6.07, 6.45) is 0. The normalized spacial score (nSPS) is 11.2. The topological polar surface area (TPSA) is 97.1 Å². The summed E-state index contributed by atoms with van der Waals surface area (Å²) in [5, 5.41) is 27.9. The van der Waals surface area contributed by atoms with Gasteiger partial charge in [-0.25, -0.2) is 9.97 Å². The first-order valence-electron chi connectivity index (χ1n) is 9.20. The third-order valence-corrected chi connectivity index (χ3v) is 5.17. The van der Waals surface area contributed by atoms with Gasteiger partial charge >= 0.3 is 0 Å². The monoisotopic (exact) mass is 381 g/mol. The summed E-state index contributed by atoms with van der Waals surface area (Å²) in [5.41, 5.74) is 7.44. The van der Waals surface area contributed by atoms with E-state index < -0.39 is 0 Å². The molecule has 136 valence electrons. The minimum absolute atomic E-state index is 0.0315. The van der Waals surface area contributed by atoms with E-state index in [0.29, 0.717) is 28.0 Å². The molecule has 0 fully saturated rings. The molecule has 5 rings (SSSR count). The molecular formula is C25H11N5. The Balaban J connectivity index is 1.74. The zero-order chi connectivity index (χ0) is 20.7. The average molecular weight is 381 g/mol. The number of hydrogen-bond acceptors (Lipinski definition) is 5. The van der Waals surface area contributed by atoms with Crippen molar-refractivity contribution in [3.8, 4) is 40.6 Å². The Labute approximate surface area is 172 Å². The molecular weight excluding hydrogens is 370 g/mol. The molecule has 0 unspecified atom stereocenters. The number of nitriles is 3. The summed E-state index contributed by atoms with van der Waals surface area (Å²) >= 11 is 0. The number of nitrogens with zero attached hydrogens (tertiary/aromatic N) is 5. The first-order chi connectivity index (χ1) is 14.7. The van der Waals surface area contributed by atoms with Crippen molar-refractivity contribution in [2.75, 3.05) is 0 Å². The van der Waals surface area contributed by atoms with Gasteiger partial charge in [0, 0.05) is 11.1 Å². The zero-order valence-electron chi connectivity index (χ0n) is 15.6. The molecule has 0 aliphatic heterocycles. The lowest BCUT2D eigenvalue weighted by atomic mass is 10.0. The summed E-state index contributed by atoms with van der Waals surface area (Å²) < 4.78 is 0. The molecule has 0 saturated heterocycles. The number of benzene rings is 3. The minimum atomic E-state index is 0.0315. The van der Waals surface area contributed by atoms with Crippen LogP contribution in [0, 0.1) is 34.0 Å². The van der Waals surface area contributed by atoms with Gasteiger partial charge in [0.1, 0.15) is 17.7 Å². The van der Waals surface area contributed by atoms with Gasteiger partial charge < -0.3 is 0 Å². The molecule has 30 heavy (non-hydrogen) atoms. The van der Waals surface area contributed by atoms with Crippen molar-refractivity contribution in [1.82, 2.24) is 9.97 Å². The molecule has 1 aliphatic rings. The van der Waals surface area contributed by atoms with Gasteiger partial charge in [0.2, 0.25) is 0 Å². The van der Waals surface area contributed by atoms with E-state index in [9.17, 15) is 10.5 Å². The Bertz CT molecular complexity index is 1490. The first kappa shape index (κ1) is 17.3. The van der Waals surface area contributed by atoms with Crippen molar-refractivity contribution >= 4 is 16.6 Å². The van der Waals surface area contributed by atoms with Crippen LogP contribution in [0.15, 0.2) is 72.3 Å². The largest absolute Gasteiger partial charge is 0.244 e. The van der Waals surface area contributed by atoms with Crippen LogP contribution in [0.25, 0.3) is 39.0 Å². The highest BCUT2D eigenvalue weighted by atomic mass is 14.8. The molecule has 0 amide bonds. The van der Waals surface area contributed by atoms with Crippen LogP contribution in [-0.2, 0) is 0 Å². The fourth-order valence-electron chi connectivity index (χ4n) is 3.76. The molecule has 1 aliphatic carbocycles. The van der Waals surface area contributed by atoms with Gasteiger partial charge in [-0.2, -0.15) is 15.8 Å². The second-order valence-corrected chi connectivity index (χ2v) is 6.83. The summed E-state index contributed by atoms with van der Waals surface area (Å²) in [7, 11) is 0. The second kappa shape index (κ2) is 6.67. The van der Waals surface area contributed by atoms with Gasteiger partial charge in [0.25, 0.3) is 0 Å². The van der Waals surface area contributed by atoms with E-state index >= 15 is 0 Å². The highest BCUT2D eigenvalue weighted by Gasteiger charge is 2.29. The van der Waals surface area contributed by atoms with E-state index in [2.05, 4.69) is 6.07 Å². The molecule has 0 atom stereocenters. The van der Waals surface area contributed by atoms with Crippen molar-refractivity contribution in [2.24, 2.45) is 0 Å². The number of fused-ring (bicyclic) bond motifs is 4. The Kier molecular flexibility index (Phi) is 3.85. The van der Waals surface area contributed by atoms with Crippen LogP contribution in [-0.4, -0.2) is 9.97 Å². The van der Waals surface area contributed by atoms with Crippen molar-refractivity contribution in [3.05, 3.63) is 89.1 Å². The van der Waals surface area contributed by atoms with Gasteiger partial charge in [-0.1, -0.05) is 42.5 Å². The fourth-order valence-corrected chi connectivity index (χ4v) is 3.76. The molecule has 4 aromatic rings. The van der Waals surface area contributed by atoms with E-state index in [4.69, 9.17) is 15.2 Å². The maximum Gasteiger partial charge on any atom is 0.139 e. The minimum Gasteiger partial charge on any atom is -0.244 e. The fraction of sp³-hybridized carbons (Fsp3) is 0. The average Bonchev–Trinajstić information content (AvgIpc) is 3.12. The first-order valence-corrected chi connectivity index (χ1v) is 9.20. The quantitative estimate of drug-likeness (QED) is 0.381. The third kappa shape index (κ3) is 2.53. The molecule has 0 spiro atoms. The van der Waals surface area contributed by atoms with E-state index in [1.807, 2.05) is 66.7 Å². The van der Waals surface area contributed by atoms with Crippen LogP contribution in [0.2, 0.25) is 0 Å². The van der Waals surface area contributed by atoms with Crippen LogP contribution in [0.5, 0.6) is 0 Å². The maximum absolute atomic E-state index is 9.45. The highest BCUT2D eigenvalue weighted by Crippen LogP contribution is 2.44. The second-order valence-electron chi connectivity index (χ2n) is 6.83. The Hall–Kier alpha value is -4.79. The lowest BCUT2D eigenvalue weighted by Gasteiger charge is -2.07. The van der Waals surface area contributed by atoms with Gasteiger partial charge in [-0.15, -0.1) is 0 Å². The summed E-state index contributed by atoms with van der Waals surface area (Å²) in [4.78, 5) is 9.62. The van der Waals surface area contributed by atoms with Gasteiger partial charge in [0.05, 0.1) is 34.1 Å². The molecule has 1 aromatic heterocycles. The maximum atomic E-state index is 9.45. The third-order valence-electron chi connectivity index (χ3n) is 5.17. The Morgan fingerprint density at radius 3 is 2.03 bits per heavy atom. The zero-order valence-corrected chi connectivity index (χ0v) is 15.6. The number of rotatable bonds is 1.